The predicted octanol–water partition coefficient (Wildman–Crippen LogP) is 17.9. The maximum Gasteiger partial charge on any atom is 0.135 e. The number of furan rings is 2. The predicted molar refractivity (Wildman–Crippen MR) is 270 cm³/mol. The van der Waals surface area contributed by atoms with Gasteiger partial charge in [0.05, 0.1) is 0 Å². The van der Waals surface area contributed by atoms with E-state index in [0.717, 1.165) is 43.9 Å². The fraction of sp³-hybridized carbons (Fsp3) is 0. The zero-order chi connectivity index (χ0) is 41.9. The molecule has 14 rings (SSSR count). The SMILES string of the molecule is c1ccc2c(c1)oc1ccc(-c3c4ccccc4c(-c4ccc5cc(-c6c7ccccc7c(-c7ccc8oc9ccccc9c8c7)c7ccccc67)ccc5c4)c4ccccc34)cc12. The zero-order valence-corrected chi connectivity index (χ0v) is 34.6. The smallest absolute Gasteiger partial charge is 0.135 e. The van der Waals surface area contributed by atoms with Gasteiger partial charge in [-0.2, -0.15) is 0 Å². The quantitative estimate of drug-likeness (QED) is 0.166. The van der Waals surface area contributed by atoms with Crippen LogP contribution in [-0.2, 0) is 0 Å². The summed E-state index contributed by atoms with van der Waals surface area (Å²) in [7, 11) is 0. The van der Waals surface area contributed by atoms with E-state index in [-0.39, 0.29) is 0 Å². The molecule has 2 aromatic heterocycles. The van der Waals surface area contributed by atoms with Crippen LogP contribution in [0.1, 0.15) is 0 Å². The van der Waals surface area contributed by atoms with Crippen molar-refractivity contribution in [3.05, 3.63) is 218 Å². The lowest BCUT2D eigenvalue weighted by molar-refractivity contribution is 0.668. The summed E-state index contributed by atoms with van der Waals surface area (Å²) in [4.78, 5) is 0. The van der Waals surface area contributed by atoms with E-state index < -0.39 is 0 Å². The fourth-order valence-corrected chi connectivity index (χ4v) is 10.8. The average molecular weight is 813 g/mol. The summed E-state index contributed by atoms with van der Waals surface area (Å²) in [6.45, 7) is 0. The van der Waals surface area contributed by atoms with Gasteiger partial charge in [0.2, 0.25) is 0 Å². The van der Waals surface area contributed by atoms with E-state index in [2.05, 4.69) is 194 Å². The van der Waals surface area contributed by atoms with E-state index >= 15 is 0 Å². The van der Waals surface area contributed by atoms with Gasteiger partial charge in [0, 0.05) is 21.5 Å². The monoisotopic (exact) mass is 812 g/mol. The van der Waals surface area contributed by atoms with Crippen LogP contribution in [0.3, 0.4) is 0 Å². The van der Waals surface area contributed by atoms with Crippen molar-refractivity contribution in [1.29, 1.82) is 0 Å². The third kappa shape index (κ3) is 5.14. The summed E-state index contributed by atoms with van der Waals surface area (Å²) >= 11 is 0. The zero-order valence-electron chi connectivity index (χ0n) is 34.6. The molecule has 2 heteroatoms. The number of fused-ring (bicyclic) bond motifs is 11. The molecule has 0 saturated carbocycles. The minimum Gasteiger partial charge on any atom is -0.456 e. The summed E-state index contributed by atoms with van der Waals surface area (Å²) in [5.41, 5.74) is 13.4. The van der Waals surface area contributed by atoms with Crippen LogP contribution >= 0.6 is 0 Å². The Balaban J connectivity index is 0.932. The Morgan fingerprint density at radius 1 is 0.188 bits per heavy atom. The summed E-state index contributed by atoms with van der Waals surface area (Å²) < 4.78 is 12.5. The summed E-state index contributed by atoms with van der Waals surface area (Å²) in [5, 5.41) is 16.9. The molecular formula is C62H36O2. The minimum absolute atomic E-state index is 0.908. The highest BCUT2D eigenvalue weighted by atomic mass is 16.3. The molecule has 0 N–H and O–H groups in total. The Kier molecular flexibility index (Phi) is 7.43. The molecule has 0 aliphatic rings. The van der Waals surface area contributed by atoms with Gasteiger partial charge >= 0.3 is 0 Å². The summed E-state index contributed by atoms with van der Waals surface area (Å²) in [5.74, 6) is 0. The van der Waals surface area contributed by atoms with Gasteiger partial charge in [-0.15, -0.1) is 0 Å². The normalized spacial score (nSPS) is 12.1. The first kappa shape index (κ1) is 35.2. The fourth-order valence-electron chi connectivity index (χ4n) is 10.8. The second-order valence-electron chi connectivity index (χ2n) is 17.1. The van der Waals surface area contributed by atoms with E-state index in [1.54, 1.807) is 0 Å². The van der Waals surface area contributed by atoms with Crippen LogP contribution in [0.15, 0.2) is 227 Å². The molecule has 2 heterocycles. The maximum absolute atomic E-state index is 6.24. The van der Waals surface area contributed by atoms with Crippen LogP contribution in [0.25, 0.3) is 142 Å². The number of hydrogen-bond donors (Lipinski definition) is 0. The van der Waals surface area contributed by atoms with Gasteiger partial charge in [-0.05, 0) is 147 Å². The molecule has 64 heavy (non-hydrogen) atoms. The number of hydrogen-bond acceptors (Lipinski definition) is 2. The molecule has 0 spiro atoms. The lowest BCUT2D eigenvalue weighted by Gasteiger charge is -2.19. The molecular weight excluding hydrogens is 777 g/mol. The van der Waals surface area contributed by atoms with Crippen molar-refractivity contribution < 1.29 is 8.83 Å². The van der Waals surface area contributed by atoms with Crippen molar-refractivity contribution in [3.63, 3.8) is 0 Å². The van der Waals surface area contributed by atoms with Crippen molar-refractivity contribution in [2.24, 2.45) is 0 Å². The Hall–Kier alpha value is -8.46. The molecule has 14 aromatic rings. The Bertz CT molecular complexity index is 3870. The molecule has 0 bridgehead atoms. The molecule has 0 saturated heterocycles. The van der Waals surface area contributed by atoms with E-state index in [1.165, 1.54) is 98.4 Å². The van der Waals surface area contributed by atoms with Crippen LogP contribution in [0, 0.1) is 0 Å². The van der Waals surface area contributed by atoms with E-state index in [4.69, 9.17) is 8.83 Å². The molecule has 0 fully saturated rings. The maximum atomic E-state index is 6.24. The molecule has 0 aliphatic heterocycles. The van der Waals surface area contributed by atoms with Crippen LogP contribution in [-0.4, -0.2) is 0 Å². The number of benzene rings is 12. The second-order valence-corrected chi connectivity index (χ2v) is 17.1. The minimum atomic E-state index is 0.908. The van der Waals surface area contributed by atoms with E-state index in [1.807, 2.05) is 24.3 Å². The number of rotatable bonds is 4. The van der Waals surface area contributed by atoms with Crippen LogP contribution in [0.4, 0.5) is 0 Å². The van der Waals surface area contributed by atoms with E-state index in [0.29, 0.717) is 0 Å². The first-order chi connectivity index (χ1) is 31.7. The van der Waals surface area contributed by atoms with Crippen LogP contribution < -0.4 is 0 Å². The molecule has 0 aliphatic carbocycles. The Morgan fingerprint density at radius 2 is 0.438 bits per heavy atom. The summed E-state index contributed by atoms with van der Waals surface area (Å²) in [6, 6.07) is 79.6. The average Bonchev–Trinajstić information content (AvgIpc) is 3.92. The standard InChI is InChI=1S/C62H36O2/c1-5-19-49-45(15-1)59(46-16-2-6-20-50(46)61(49)41-29-31-57-53(35-41)43-13-9-11-23-55(43)63-57)39-27-25-38-34-40(28-26-37(38)33-39)60-47-17-3-7-21-51(47)62(52-22-8-4-18-48(52)60)42-30-32-58-54(36-42)44-14-10-12-24-56(44)64-58/h1-36H. The third-order valence-corrected chi connectivity index (χ3v) is 13.6. The topological polar surface area (TPSA) is 26.3 Å². The first-order valence-electron chi connectivity index (χ1n) is 22.0. The highest BCUT2D eigenvalue weighted by molar-refractivity contribution is 6.24. The van der Waals surface area contributed by atoms with Crippen molar-refractivity contribution in [1.82, 2.24) is 0 Å². The largest absolute Gasteiger partial charge is 0.456 e. The van der Waals surface area contributed by atoms with E-state index in [9.17, 15) is 0 Å². The molecule has 0 radical (unpaired) electrons. The van der Waals surface area contributed by atoms with Gasteiger partial charge < -0.3 is 8.83 Å². The highest BCUT2D eigenvalue weighted by Crippen LogP contribution is 2.48. The molecule has 12 aromatic carbocycles. The molecule has 0 amide bonds. The van der Waals surface area contributed by atoms with Crippen molar-refractivity contribution in [2.75, 3.05) is 0 Å². The van der Waals surface area contributed by atoms with Gasteiger partial charge in [-0.1, -0.05) is 170 Å². The van der Waals surface area contributed by atoms with Crippen LogP contribution in [0.2, 0.25) is 0 Å². The molecule has 296 valence electrons. The van der Waals surface area contributed by atoms with Gasteiger partial charge in [0.15, 0.2) is 0 Å². The first-order valence-corrected chi connectivity index (χ1v) is 22.0. The Labute approximate surface area is 367 Å². The number of para-hydroxylation sites is 2. The molecule has 2 nitrogen and oxygen atoms in total. The highest BCUT2D eigenvalue weighted by Gasteiger charge is 2.20. The van der Waals surface area contributed by atoms with Crippen molar-refractivity contribution in [3.8, 4) is 44.5 Å². The lowest BCUT2D eigenvalue weighted by Crippen LogP contribution is -1.92. The van der Waals surface area contributed by atoms with Gasteiger partial charge in [0.1, 0.15) is 22.3 Å². The van der Waals surface area contributed by atoms with Gasteiger partial charge in [-0.3, -0.25) is 0 Å². The van der Waals surface area contributed by atoms with Gasteiger partial charge in [-0.25, -0.2) is 0 Å². The molecule has 0 unspecified atom stereocenters. The van der Waals surface area contributed by atoms with Gasteiger partial charge in [0.25, 0.3) is 0 Å². The van der Waals surface area contributed by atoms with Crippen LogP contribution in [0.5, 0.6) is 0 Å². The molecule has 0 atom stereocenters. The van der Waals surface area contributed by atoms with Crippen molar-refractivity contribution in [2.45, 2.75) is 0 Å². The summed E-state index contributed by atoms with van der Waals surface area (Å²) in [6.07, 6.45) is 0. The lowest BCUT2D eigenvalue weighted by atomic mass is 9.84. The van der Waals surface area contributed by atoms with Crippen molar-refractivity contribution >= 4 is 97.7 Å². The third-order valence-electron chi connectivity index (χ3n) is 13.6. The Morgan fingerprint density at radius 3 is 0.766 bits per heavy atom. The second kappa shape index (κ2) is 13.5.